The number of halogens is 3. The van der Waals surface area contributed by atoms with Gasteiger partial charge < -0.3 is 10.5 Å². The summed E-state index contributed by atoms with van der Waals surface area (Å²) in [6, 6.07) is 7.43. The van der Waals surface area contributed by atoms with Gasteiger partial charge >= 0.3 is 0 Å². The molecule has 1 aromatic carbocycles. The second kappa shape index (κ2) is 11.9. The van der Waals surface area contributed by atoms with Gasteiger partial charge in [-0.1, -0.05) is 79.5 Å². The first-order valence-electron chi connectivity index (χ1n) is 9.30. The zero-order chi connectivity index (χ0) is 21.2. The molecule has 9 heteroatoms. The van der Waals surface area contributed by atoms with Crippen molar-refractivity contribution in [3.05, 3.63) is 50.7 Å². The van der Waals surface area contributed by atoms with Crippen LogP contribution in [0.5, 0.6) is 5.75 Å². The molecule has 0 fully saturated rings. The van der Waals surface area contributed by atoms with E-state index in [2.05, 4.69) is 22.4 Å². The van der Waals surface area contributed by atoms with Crippen LogP contribution in [0, 0.1) is 0 Å². The Morgan fingerprint density at radius 2 is 1.90 bits per heavy atom. The molecule has 0 aliphatic heterocycles. The molecule has 1 heterocycles. The summed E-state index contributed by atoms with van der Waals surface area (Å²) in [6.45, 7) is 2.81. The molecule has 156 valence electrons. The van der Waals surface area contributed by atoms with Crippen LogP contribution in [0.4, 0.5) is 5.69 Å². The number of unbranched alkanes of at least 4 members (excludes halogenated alkanes) is 4. The quantitative estimate of drug-likeness (QED) is 0.206. The Bertz CT molecular complexity index is 875. The van der Waals surface area contributed by atoms with E-state index < -0.39 is 5.91 Å². The molecular weight excluding hydrogens is 435 g/mol. The summed E-state index contributed by atoms with van der Waals surface area (Å²) in [6.07, 6.45) is 7.28. The molecule has 0 saturated carbocycles. The molecule has 0 bridgehead atoms. The van der Waals surface area contributed by atoms with Gasteiger partial charge in [0.2, 0.25) is 0 Å². The fourth-order valence-electron chi connectivity index (χ4n) is 2.50. The molecule has 0 saturated heterocycles. The molecule has 2 rings (SSSR count). The molecule has 1 aromatic heterocycles. The summed E-state index contributed by atoms with van der Waals surface area (Å²) >= 11 is 17.7. The Kier molecular flexibility index (Phi) is 9.51. The van der Waals surface area contributed by atoms with E-state index in [0.29, 0.717) is 12.4 Å². The molecule has 6 nitrogen and oxygen atoms in total. The van der Waals surface area contributed by atoms with Crippen molar-refractivity contribution in [2.45, 2.75) is 39.0 Å². The first-order valence-corrected chi connectivity index (χ1v) is 10.4. The lowest BCUT2D eigenvalue weighted by Crippen LogP contribution is -2.20. The average molecular weight is 458 g/mol. The lowest BCUT2D eigenvalue weighted by Gasteiger charge is -2.09. The molecule has 0 unspecified atom stereocenters. The standard InChI is InChI=1S/C20H23Cl3N4O2/c1-2-3-4-5-8-11-29-14-10-7-6-9-13(14)12-25-27-20(28)18-15(21)17(24)16(22)19(23)26-18/h6-7,9-10,12H,2-5,8,11H2,1H3,(H2,24,26)(H,27,28)/b25-12+. The number of nitrogens with one attached hydrogen (secondary N) is 1. The average Bonchev–Trinajstić information content (AvgIpc) is 2.72. The number of pyridine rings is 1. The molecule has 29 heavy (non-hydrogen) atoms. The van der Waals surface area contributed by atoms with Crippen LogP contribution in [-0.4, -0.2) is 23.7 Å². The predicted octanol–water partition coefficient (Wildman–Crippen LogP) is 5.74. The third-order valence-electron chi connectivity index (χ3n) is 4.08. The van der Waals surface area contributed by atoms with E-state index in [1.54, 1.807) is 0 Å². The van der Waals surface area contributed by atoms with Gasteiger partial charge in [-0.15, -0.1) is 0 Å². The number of carbonyl (C=O) groups is 1. The number of amides is 1. The van der Waals surface area contributed by atoms with Gasteiger partial charge in [0, 0.05) is 5.56 Å². The van der Waals surface area contributed by atoms with Gasteiger partial charge in [0.1, 0.15) is 10.8 Å². The van der Waals surface area contributed by atoms with Gasteiger partial charge in [-0.05, 0) is 18.6 Å². The van der Waals surface area contributed by atoms with Crippen molar-refractivity contribution < 1.29 is 9.53 Å². The lowest BCUT2D eigenvalue weighted by molar-refractivity contribution is 0.0950. The van der Waals surface area contributed by atoms with Crippen molar-refractivity contribution in [1.82, 2.24) is 10.4 Å². The summed E-state index contributed by atoms with van der Waals surface area (Å²) < 4.78 is 5.84. The second-order valence-corrected chi connectivity index (χ2v) is 7.41. The molecule has 2 aromatic rings. The van der Waals surface area contributed by atoms with Gasteiger partial charge in [0.15, 0.2) is 10.8 Å². The zero-order valence-corrected chi connectivity index (χ0v) is 18.3. The number of aromatic nitrogens is 1. The number of hydrogen-bond acceptors (Lipinski definition) is 5. The number of ether oxygens (including phenoxy) is 1. The summed E-state index contributed by atoms with van der Waals surface area (Å²) in [7, 11) is 0. The molecule has 0 aliphatic carbocycles. The highest BCUT2D eigenvalue weighted by molar-refractivity contribution is 6.46. The number of hydrazone groups is 1. The van der Waals surface area contributed by atoms with E-state index in [-0.39, 0.29) is 26.6 Å². The van der Waals surface area contributed by atoms with Crippen molar-refractivity contribution in [3.63, 3.8) is 0 Å². The Morgan fingerprint density at radius 1 is 1.17 bits per heavy atom. The molecule has 0 radical (unpaired) electrons. The summed E-state index contributed by atoms with van der Waals surface area (Å²) in [5.74, 6) is 0.0294. The number of hydrogen-bond donors (Lipinski definition) is 2. The minimum absolute atomic E-state index is 0.00233. The zero-order valence-electron chi connectivity index (χ0n) is 16.1. The van der Waals surface area contributed by atoms with E-state index in [0.717, 1.165) is 18.4 Å². The maximum absolute atomic E-state index is 12.3. The highest BCUT2D eigenvalue weighted by Gasteiger charge is 2.19. The highest BCUT2D eigenvalue weighted by atomic mass is 35.5. The van der Waals surface area contributed by atoms with Crippen LogP contribution in [0.1, 0.15) is 55.1 Å². The van der Waals surface area contributed by atoms with Gasteiger partial charge in [-0.3, -0.25) is 4.79 Å². The first kappa shape index (κ1) is 23.3. The van der Waals surface area contributed by atoms with Crippen LogP contribution in [-0.2, 0) is 0 Å². The largest absolute Gasteiger partial charge is 0.493 e. The molecule has 0 atom stereocenters. The van der Waals surface area contributed by atoms with Gasteiger partial charge in [-0.25, -0.2) is 10.4 Å². The minimum Gasteiger partial charge on any atom is -0.493 e. The summed E-state index contributed by atoms with van der Waals surface area (Å²) in [4.78, 5) is 16.2. The SMILES string of the molecule is CCCCCCCOc1ccccc1/C=N/NC(=O)c1nc(Cl)c(Cl)c(N)c1Cl. The first-order chi connectivity index (χ1) is 14.0. The molecule has 0 aliphatic rings. The maximum atomic E-state index is 12.3. The third kappa shape index (κ3) is 6.77. The second-order valence-electron chi connectivity index (χ2n) is 6.29. The van der Waals surface area contributed by atoms with E-state index in [1.165, 1.54) is 25.5 Å². The number of anilines is 1. The van der Waals surface area contributed by atoms with Crippen LogP contribution in [0.3, 0.4) is 0 Å². The minimum atomic E-state index is -0.661. The number of nitrogens with two attached hydrogens (primary N) is 1. The van der Waals surface area contributed by atoms with Crippen molar-refractivity contribution in [2.24, 2.45) is 5.10 Å². The third-order valence-corrected chi connectivity index (χ3v) is 5.22. The number of benzene rings is 1. The monoisotopic (exact) mass is 456 g/mol. The molecular formula is C20H23Cl3N4O2. The van der Waals surface area contributed by atoms with Gasteiger partial charge in [0.25, 0.3) is 5.91 Å². The van der Waals surface area contributed by atoms with Crippen LogP contribution >= 0.6 is 34.8 Å². The Hall–Kier alpha value is -2.02. The van der Waals surface area contributed by atoms with Crippen molar-refractivity contribution in [3.8, 4) is 5.75 Å². The topological polar surface area (TPSA) is 89.6 Å². The van der Waals surface area contributed by atoms with Crippen LogP contribution in [0.25, 0.3) is 0 Å². The number of para-hydroxylation sites is 1. The Morgan fingerprint density at radius 3 is 2.66 bits per heavy atom. The fourth-order valence-corrected chi connectivity index (χ4v) is 3.10. The van der Waals surface area contributed by atoms with E-state index in [1.807, 2.05) is 24.3 Å². The van der Waals surface area contributed by atoms with Crippen molar-refractivity contribution in [1.29, 1.82) is 0 Å². The molecule has 1 amide bonds. The van der Waals surface area contributed by atoms with E-state index in [9.17, 15) is 4.79 Å². The van der Waals surface area contributed by atoms with Crippen molar-refractivity contribution >= 4 is 52.6 Å². The van der Waals surface area contributed by atoms with Crippen molar-refractivity contribution in [2.75, 3.05) is 12.3 Å². The normalized spacial score (nSPS) is 11.0. The molecule has 0 spiro atoms. The van der Waals surface area contributed by atoms with Gasteiger partial charge in [0.05, 0.1) is 23.5 Å². The van der Waals surface area contributed by atoms with Crippen LogP contribution < -0.4 is 15.9 Å². The van der Waals surface area contributed by atoms with E-state index in [4.69, 9.17) is 45.3 Å². The summed E-state index contributed by atoms with van der Waals surface area (Å²) in [5.41, 5.74) is 8.63. The number of carbonyl (C=O) groups excluding carboxylic acids is 1. The van der Waals surface area contributed by atoms with Crippen LogP contribution in [0.2, 0.25) is 15.2 Å². The fraction of sp³-hybridized carbons (Fsp3) is 0.350. The smallest absolute Gasteiger partial charge is 0.291 e. The molecule has 3 N–H and O–H groups in total. The summed E-state index contributed by atoms with van der Waals surface area (Å²) in [5, 5.41) is 3.75. The highest BCUT2D eigenvalue weighted by Crippen LogP contribution is 2.34. The lowest BCUT2D eigenvalue weighted by atomic mass is 10.2. The number of nitrogen functional groups attached to an aromatic ring is 1. The van der Waals surface area contributed by atoms with Crippen LogP contribution in [0.15, 0.2) is 29.4 Å². The Labute approximate surface area is 185 Å². The number of rotatable bonds is 10. The van der Waals surface area contributed by atoms with E-state index >= 15 is 0 Å². The predicted molar refractivity (Wildman–Crippen MR) is 119 cm³/mol. The maximum Gasteiger partial charge on any atom is 0.291 e. The van der Waals surface area contributed by atoms with Gasteiger partial charge in [-0.2, -0.15) is 5.10 Å². The Balaban J connectivity index is 1.98. The number of nitrogens with zero attached hydrogens (tertiary/aromatic N) is 2.